The second-order valence-electron chi connectivity index (χ2n) is 7.80. The lowest BCUT2D eigenvalue weighted by Crippen LogP contribution is -2.34. The van der Waals surface area contributed by atoms with Crippen molar-refractivity contribution in [2.45, 2.75) is 58.5 Å². The van der Waals surface area contributed by atoms with Gasteiger partial charge in [0.2, 0.25) is 5.89 Å². The molecule has 1 atom stereocenters. The van der Waals surface area contributed by atoms with Crippen LogP contribution < -0.4 is 5.32 Å². The van der Waals surface area contributed by atoms with Gasteiger partial charge < -0.3 is 14.4 Å². The van der Waals surface area contributed by atoms with Crippen LogP contribution in [0.3, 0.4) is 0 Å². The molecule has 148 valence electrons. The molecule has 0 saturated carbocycles. The van der Waals surface area contributed by atoms with Gasteiger partial charge in [-0.15, -0.1) is 0 Å². The summed E-state index contributed by atoms with van der Waals surface area (Å²) >= 11 is 0. The number of nitrogens with one attached hydrogen (secondary N) is 1. The van der Waals surface area contributed by atoms with Crippen molar-refractivity contribution in [1.29, 1.82) is 0 Å². The Hall–Kier alpha value is -2.15. The molecule has 0 spiro atoms. The average Bonchev–Trinajstić information content (AvgIpc) is 3.26. The first-order chi connectivity index (χ1) is 13.0. The van der Waals surface area contributed by atoms with E-state index < -0.39 is 0 Å². The first-order valence-corrected chi connectivity index (χ1v) is 9.92. The minimum atomic E-state index is -0.0576. The summed E-state index contributed by atoms with van der Waals surface area (Å²) in [4.78, 5) is 19.0. The molecule has 27 heavy (non-hydrogen) atoms. The van der Waals surface area contributed by atoms with E-state index >= 15 is 0 Å². The van der Waals surface area contributed by atoms with E-state index in [0.717, 1.165) is 43.7 Å². The number of piperidine rings is 1. The standard InChI is InChI=1S/C20H31N5O2/c1-14(2)8-11-18-22-19(27-23-18)13-25-12-6-5-7-16(25)15-9-10-17(24(15)4)20(26)21-3/h9-10,14,16H,5-8,11-13H2,1-4H3,(H,21,26)/t16-/m0/s1. The molecule has 1 aliphatic rings. The van der Waals surface area contributed by atoms with Crippen LogP contribution in [0.25, 0.3) is 0 Å². The van der Waals surface area contributed by atoms with E-state index in [1.54, 1.807) is 7.05 Å². The average molecular weight is 374 g/mol. The first kappa shape index (κ1) is 19.6. The van der Waals surface area contributed by atoms with Crippen LogP contribution in [0.5, 0.6) is 0 Å². The Morgan fingerprint density at radius 1 is 1.37 bits per heavy atom. The molecule has 1 N–H and O–H groups in total. The minimum Gasteiger partial charge on any atom is -0.354 e. The number of rotatable bonds is 7. The van der Waals surface area contributed by atoms with E-state index in [1.165, 1.54) is 6.42 Å². The van der Waals surface area contributed by atoms with E-state index in [4.69, 9.17) is 4.52 Å². The van der Waals surface area contributed by atoms with E-state index in [0.29, 0.717) is 24.0 Å². The zero-order valence-corrected chi connectivity index (χ0v) is 16.9. The maximum absolute atomic E-state index is 12.0. The Morgan fingerprint density at radius 3 is 2.93 bits per heavy atom. The van der Waals surface area contributed by atoms with Gasteiger partial charge in [-0.3, -0.25) is 9.69 Å². The number of carbonyl (C=O) groups is 1. The summed E-state index contributed by atoms with van der Waals surface area (Å²) in [6, 6.07) is 4.22. The molecule has 2 aromatic rings. The van der Waals surface area contributed by atoms with Crippen LogP contribution in [0.15, 0.2) is 16.7 Å². The Kier molecular flexibility index (Phi) is 6.31. The molecule has 7 nitrogen and oxygen atoms in total. The maximum Gasteiger partial charge on any atom is 0.267 e. The van der Waals surface area contributed by atoms with Gasteiger partial charge >= 0.3 is 0 Å². The van der Waals surface area contributed by atoms with Crippen molar-refractivity contribution in [2.24, 2.45) is 13.0 Å². The normalized spacial score (nSPS) is 18.2. The Balaban J connectivity index is 1.73. The van der Waals surface area contributed by atoms with E-state index in [1.807, 2.05) is 17.7 Å². The van der Waals surface area contributed by atoms with Crippen LogP contribution in [0.4, 0.5) is 0 Å². The molecule has 2 aromatic heterocycles. The first-order valence-electron chi connectivity index (χ1n) is 9.92. The number of aryl methyl sites for hydroxylation is 1. The molecular formula is C20H31N5O2. The zero-order valence-electron chi connectivity index (χ0n) is 16.9. The molecular weight excluding hydrogens is 342 g/mol. The van der Waals surface area contributed by atoms with Crippen LogP contribution in [-0.4, -0.2) is 39.1 Å². The van der Waals surface area contributed by atoms with Gasteiger partial charge in [0.05, 0.1) is 12.6 Å². The predicted molar refractivity (Wildman–Crippen MR) is 103 cm³/mol. The summed E-state index contributed by atoms with van der Waals surface area (Å²) in [6.07, 6.45) is 5.34. The highest BCUT2D eigenvalue weighted by Crippen LogP contribution is 2.32. The fourth-order valence-electron chi connectivity index (χ4n) is 3.78. The number of carbonyl (C=O) groups excluding carboxylic acids is 1. The molecule has 1 amide bonds. The molecule has 0 aliphatic carbocycles. The maximum atomic E-state index is 12.0. The van der Waals surface area contributed by atoms with Gasteiger partial charge in [0.1, 0.15) is 5.69 Å². The molecule has 3 heterocycles. The summed E-state index contributed by atoms with van der Waals surface area (Å²) < 4.78 is 7.50. The monoisotopic (exact) mass is 373 g/mol. The minimum absolute atomic E-state index is 0.0576. The van der Waals surface area contributed by atoms with Gasteiger partial charge in [0, 0.05) is 26.2 Å². The van der Waals surface area contributed by atoms with Gasteiger partial charge in [-0.05, 0) is 43.9 Å². The molecule has 0 bridgehead atoms. The van der Waals surface area contributed by atoms with Crippen LogP contribution in [0.1, 0.15) is 73.5 Å². The van der Waals surface area contributed by atoms with Gasteiger partial charge in [-0.1, -0.05) is 25.4 Å². The van der Waals surface area contributed by atoms with Crippen molar-refractivity contribution < 1.29 is 9.32 Å². The number of amides is 1. The van der Waals surface area contributed by atoms with Crippen molar-refractivity contribution >= 4 is 5.91 Å². The van der Waals surface area contributed by atoms with E-state index in [9.17, 15) is 4.79 Å². The van der Waals surface area contributed by atoms with E-state index in [2.05, 4.69) is 40.3 Å². The van der Waals surface area contributed by atoms with Gasteiger partial charge in [0.15, 0.2) is 5.82 Å². The topological polar surface area (TPSA) is 76.2 Å². The molecule has 0 radical (unpaired) electrons. The largest absolute Gasteiger partial charge is 0.354 e. The fraction of sp³-hybridized carbons (Fsp3) is 0.650. The predicted octanol–water partition coefficient (Wildman–Crippen LogP) is 3.08. The third kappa shape index (κ3) is 4.58. The lowest BCUT2D eigenvalue weighted by Gasteiger charge is -2.35. The smallest absolute Gasteiger partial charge is 0.267 e. The number of hydrogen-bond acceptors (Lipinski definition) is 5. The number of likely N-dealkylation sites (tertiary alicyclic amines) is 1. The van der Waals surface area contributed by atoms with Crippen LogP contribution >= 0.6 is 0 Å². The van der Waals surface area contributed by atoms with Crippen molar-refractivity contribution in [2.75, 3.05) is 13.6 Å². The SMILES string of the molecule is CNC(=O)c1ccc([C@@H]2CCCCN2Cc2nc(CCC(C)C)no2)n1C. The van der Waals surface area contributed by atoms with Crippen molar-refractivity contribution in [3.8, 4) is 0 Å². The summed E-state index contributed by atoms with van der Waals surface area (Å²) in [7, 11) is 3.62. The van der Waals surface area contributed by atoms with Gasteiger partial charge in [-0.2, -0.15) is 4.98 Å². The lowest BCUT2D eigenvalue weighted by molar-refractivity contribution is 0.0950. The highest BCUT2D eigenvalue weighted by Gasteiger charge is 2.28. The van der Waals surface area contributed by atoms with Crippen LogP contribution in [0, 0.1) is 5.92 Å². The zero-order chi connectivity index (χ0) is 19.4. The summed E-state index contributed by atoms with van der Waals surface area (Å²) in [5, 5.41) is 6.84. The Labute approximate surface area is 161 Å². The molecule has 7 heteroatoms. The quantitative estimate of drug-likeness (QED) is 0.807. The Morgan fingerprint density at radius 2 is 2.19 bits per heavy atom. The van der Waals surface area contributed by atoms with Gasteiger partial charge in [0.25, 0.3) is 5.91 Å². The van der Waals surface area contributed by atoms with Crippen molar-refractivity contribution in [3.05, 3.63) is 35.2 Å². The lowest BCUT2D eigenvalue weighted by atomic mass is 9.99. The second kappa shape index (κ2) is 8.69. The van der Waals surface area contributed by atoms with Crippen LogP contribution in [-0.2, 0) is 20.0 Å². The second-order valence-corrected chi connectivity index (χ2v) is 7.80. The number of hydrogen-bond donors (Lipinski definition) is 1. The number of aromatic nitrogens is 3. The molecule has 1 aliphatic heterocycles. The highest BCUT2D eigenvalue weighted by atomic mass is 16.5. The fourth-order valence-corrected chi connectivity index (χ4v) is 3.78. The van der Waals surface area contributed by atoms with Crippen LogP contribution in [0.2, 0.25) is 0 Å². The molecule has 1 saturated heterocycles. The Bertz CT molecular complexity index is 764. The van der Waals surface area contributed by atoms with Crippen molar-refractivity contribution in [1.82, 2.24) is 24.9 Å². The molecule has 1 fully saturated rings. The summed E-state index contributed by atoms with van der Waals surface area (Å²) in [6.45, 7) is 6.05. The molecule has 0 unspecified atom stereocenters. The highest BCUT2D eigenvalue weighted by molar-refractivity contribution is 5.92. The van der Waals surface area contributed by atoms with Gasteiger partial charge in [-0.25, -0.2) is 0 Å². The summed E-state index contributed by atoms with van der Waals surface area (Å²) in [5.74, 6) is 2.05. The number of nitrogens with zero attached hydrogens (tertiary/aromatic N) is 4. The molecule has 0 aromatic carbocycles. The van der Waals surface area contributed by atoms with Crippen molar-refractivity contribution in [3.63, 3.8) is 0 Å². The van der Waals surface area contributed by atoms with E-state index in [-0.39, 0.29) is 11.9 Å². The third-order valence-electron chi connectivity index (χ3n) is 5.37. The summed E-state index contributed by atoms with van der Waals surface area (Å²) in [5.41, 5.74) is 1.85. The third-order valence-corrected chi connectivity index (χ3v) is 5.37. The molecule has 3 rings (SSSR count).